The quantitative estimate of drug-likeness (QED) is 0.612. The Morgan fingerprint density at radius 1 is 0.941 bits per heavy atom. The van der Waals surface area contributed by atoms with Gasteiger partial charge in [0.15, 0.2) is 0 Å². The van der Waals surface area contributed by atoms with Crippen molar-refractivity contribution < 1.29 is 0 Å². The fraction of sp³-hybridized carbons (Fsp3) is 0.857. The van der Waals surface area contributed by atoms with Gasteiger partial charge in [0.05, 0.1) is 11.4 Å². The fourth-order valence-electron chi connectivity index (χ4n) is 2.16. The zero-order valence-electron chi connectivity index (χ0n) is 11.7. The Morgan fingerprint density at radius 3 is 2.35 bits per heavy atom. The molecule has 1 aromatic heterocycles. The second kappa shape index (κ2) is 8.26. The second-order valence-electron chi connectivity index (χ2n) is 4.72. The predicted molar refractivity (Wildman–Crippen MR) is 72.2 cm³/mol. The topological polar surface area (TPSA) is 30.7 Å². The van der Waals surface area contributed by atoms with Crippen molar-refractivity contribution in [2.45, 2.75) is 78.7 Å². The molecule has 0 amide bonds. The SMILES string of the molecule is CCCCCCn1nnc(CCCC)c1CC. The minimum atomic E-state index is 1.04. The molecule has 0 spiro atoms. The zero-order chi connectivity index (χ0) is 12.5. The van der Waals surface area contributed by atoms with E-state index in [4.69, 9.17) is 0 Å². The predicted octanol–water partition coefficient (Wildman–Crippen LogP) is 3.76. The summed E-state index contributed by atoms with van der Waals surface area (Å²) in [7, 11) is 0. The third-order valence-corrected chi connectivity index (χ3v) is 3.24. The molecule has 0 aliphatic carbocycles. The van der Waals surface area contributed by atoms with Crippen molar-refractivity contribution in [1.29, 1.82) is 0 Å². The van der Waals surface area contributed by atoms with Crippen LogP contribution >= 0.6 is 0 Å². The summed E-state index contributed by atoms with van der Waals surface area (Å²) in [5, 5.41) is 8.64. The van der Waals surface area contributed by atoms with Gasteiger partial charge in [-0.3, -0.25) is 0 Å². The summed E-state index contributed by atoms with van der Waals surface area (Å²) < 4.78 is 2.13. The molecule has 1 rings (SSSR count). The minimum Gasteiger partial charge on any atom is -0.249 e. The second-order valence-corrected chi connectivity index (χ2v) is 4.72. The van der Waals surface area contributed by atoms with E-state index in [1.807, 2.05) is 0 Å². The normalized spacial score (nSPS) is 11.0. The van der Waals surface area contributed by atoms with Gasteiger partial charge in [-0.05, 0) is 25.7 Å². The molecular formula is C14H27N3. The lowest BCUT2D eigenvalue weighted by Gasteiger charge is -2.05. The zero-order valence-corrected chi connectivity index (χ0v) is 11.7. The van der Waals surface area contributed by atoms with Crippen molar-refractivity contribution in [3.8, 4) is 0 Å². The third kappa shape index (κ3) is 4.49. The summed E-state index contributed by atoms with van der Waals surface area (Å²) >= 11 is 0. The monoisotopic (exact) mass is 237 g/mol. The molecule has 0 aliphatic heterocycles. The van der Waals surface area contributed by atoms with Crippen LogP contribution in [-0.4, -0.2) is 15.0 Å². The number of rotatable bonds is 9. The maximum atomic E-state index is 4.34. The Morgan fingerprint density at radius 2 is 1.71 bits per heavy atom. The molecule has 98 valence electrons. The summed E-state index contributed by atoms with van der Waals surface area (Å²) in [6.07, 6.45) is 9.77. The van der Waals surface area contributed by atoms with Crippen LogP contribution in [0.4, 0.5) is 0 Å². The molecule has 1 aromatic rings. The van der Waals surface area contributed by atoms with E-state index in [-0.39, 0.29) is 0 Å². The van der Waals surface area contributed by atoms with Crippen LogP contribution in [0.2, 0.25) is 0 Å². The minimum absolute atomic E-state index is 1.04. The number of hydrogen-bond donors (Lipinski definition) is 0. The molecule has 0 unspecified atom stereocenters. The summed E-state index contributed by atoms with van der Waals surface area (Å²) in [5.41, 5.74) is 2.58. The Balaban J connectivity index is 2.50. The number of aryl methyl sites for hydroxylation is 2. The first-order chi connectivity index (χ1) is 8.33. The van der Waals surface area contributed by atoms with Gasteiger partial charge in [-0.15, -0.1) is 5.10 Å². The molecule has 0 aromatic carbocycles. The van der Waals surface area contributed by atoms with Crippen molar-refractivity contribution in [3.05, 3.63) is 11.4 Å². The molecule has 0 saturated carbocycles. The fourth-order valence-corrected chi connectivity index (χ4v) is 2.16. The maximum Gasteiger partial charge on any atom is 0.0859 e. The van der Waals surface area contributed by atoms with Crippen molar-refractivity contribution >= 4 is 0 Å². The molecule has 3 heteroatoms. The van der Waals surface area contributed by atoms with Crippen LogP contribution in [0.3, 0.4) is 0 Å². The lowest BCUT2D eigenvalue weighted by molar-refractivity contribution is 0.513. The van der Waals surface area contributed by atoms with Crippen molar-refractivity contribution in [2.24, 2.45) is 0 Å². The van der Waals surface area contributed by atoms with E-state index >= 15 is 0 Å². The number of aromatic nitrogens is 3. The van der Waals surface area contributed by atoms with E-state index in [0.29, 0.717) is 0 Å². The molecule has 0 N–H and O–H groups in total. The summed E-state index contributed by atoms with van der Waals surface area (Å²) in [6, 6.07) is 0. The van der Waals surface area contributed by atoms with Gasteiger partial charge in [0.1, 0.15) is 0 Å². The Kier molecular flexibility index (Phi) is 6.90. The molecule has 3 nitrogen and oxygen atoms in total. The van der Waals surface area contributed by atoms with Gasteiger partial charge in [0.25, 0.3) is 0 Å². The van der Waals surface area contributed by atoms with Crippen LogP contribution in [0, 0.1) is 0 Å². The number of hydrogen-bond acceptors (Lipinski definition) is 2. The molecule has 0 fully saturated rings. The van der Waals surface area contributed by atoms with E-state index < -0.39 is 0 Å². The molecule has 1 heterocycles. The van der Waals surface area contributed by atoms with Crippen LogP contribution < -0.4 is 0 Å². The van der Waals surface area contributed by atoms with Crippen molar-refractivity contribution in [3.63, 3.8) is 0 Å². The molecular weight excluding hydrogens is 210 g/mol. The highest BCUT2D eigenvalue weighted by atomic mass is 15.4. The molecule has 0 radical (unpaired) electrons. The number of nitrogens with zero attached hydrogens (tertiary/aromatic N) is 3. The molecule has 0 bridgehead atoms. The molecule has 0 aliphatic rings. The van der Waals surface area contributed by atoms with E-state index in [9.17, 15) is 0 Å². The van der Waals surface area contributed by atoms with E-state index in [1.165, 1.54) is 49.9 Å². The maximum absolute atomic E-state index is 4.34. The van der Waals surface area contributed by atoms with Crippen LogP contribution in [0.15, 0.2) is 0 Å². The summed E-state index contributed by atoms with van der Waals surface area (Å²) in [5.74, 6) is 0. The smallest absolute Gasteiger partial charge is 0.0859 e. The van der Waals surface area contributed by atoms with Crippen LogP contribution in [-0.2, 0) is 19.4 Å². The molecule has 0 saturated heterocycles. The Labute approximate surface area is 106 Å². The number of unbranched alkanes of at least 4 members (excludes halogenated alkanes) is 4. The lowest BCUT2D eigenvalue weighted by Crippen LogP contribution is -2.05. The van der Waals surface area contributed by atoms with Gasteiger partial charge in [-0.1, -0.05) is 51.7 Å². The Bertz CT molecular complexity index is 304. The Hall–Kier alpha value is -0.860. The van der Waals surface area contributed by atoms with Crippen LogP contribution in [0.1, 0.15) is 70.7 Å². The summed E-state index contributed by atoms with van der Waals surface area (Å²) in [6.45, 7) is 7.72. The summed E-state index contributed by atoms with van der Waals surface area (Å²) in [4.78, 5) is 0. The average Bonchev–Trinajstić information content (AvgIpc) is 2.74. The first-order valence-electron chi connectivity index (χ1n) is 7.24. The van der Waals surface area contributed by atoms with Gasteiger partial charge in [-0.25, -0.2) is 4.68 Å². The van der Waals surface area contributed by atoms with E-state index in [2.05, 4.69) is 35.8 Å². The van der Waals surface area contributed by atoms with Crippen LogP contribution in [0.25, 0.3) is 0 Å². The van der Waals surface area contributed by atoms with Gasteiger partial charge >= 0.3 is 0 Å². The lowest BCUT2D eigenvalue weighted by atomic mass is 10.1. The van der Waals surface area contributed by atoms with Gasteiger partial charge in [-0.2, -0.15) is 0 Å². The van der Waals surface area contributed by atoms with Gasteiger partial charge in [0.2, 0.25) is 0 Å². The first-order valence-corrected chi connectivity index (χ1v) is 7.24. The van der Waals surface area contributed by atoms with Gasteiger partial charge in [0, 0.05) is 6.54 Å². The van der Waals surface area contributed by atoms with Gasteiger partial charge < -0.3 is 0 Å². The molecule has 17 heavy (non-hydrogen) atoms. The molecule has 0 atom stereocenters. The largest absolute Gasteiger partial charge is 0.249 e. The highest BCUT2D eigenvalue weighted by molar-refractivity contribution is 5.10. The van der Waals surface area contributed by atoms with Crippen LogP contribution in [0.5, 0.6) is 0 Å². The highest BCUT2D eigenvalue weighted by Gasteiger charge is 2.09. The van der Waals surface area contributed by atoms with Crippen molar-refractivity contribution in [1.82, 2.24) is 15.0 Å². The average molecular weight is 237 g/mol. The standard InChI is InChI=1S/C14H27N3/c1-4-7-9-10-12-17-14(6-3)13(15-16-17)11-8-5-2/h4-12H2,1-3H3. The first kappa shape index (κ1) is 14.2. The van der Waals surface area contributed by atoms with E-state index in [1.54, 1.807) is 0 Å². The van der Waals surface area contributed by atoms with Crippen molar-refractivity contribution in [2.75, 3.05) is 0 Å². The van der Waals surface area contributed by atoms with E-state index in [0.717, 1.165) is 19.4 Å². The third-order valence-electron chi connectivity index (χ3n) is 3.24. The highest BCUT2D eigenvalue weighted by Crippen LogP contribution is 2.11.